The number of unbranched alkanes of at least 4 members (excludes halogenated alkanes) is 3. The number of rotatable bonds is 11. The standard InChI is InChI=1S/C29H44O4/c1-10-11-12-13-16-29(6,7)22-17-24(31-8)27(25(18-22)32-9)26-23(19(2)3)15-14-20(4)28(26)33-21(5)30/h17-18,23,26,28H,2,4,10-16H2,1,3,5-9H3/t23-,26?,28-/m0/s1. The maximum atomic E-state index is 12.0. The van der Waals surface area contributed by atoms with E-state index in [0.29, 0.717) is 0 Å². The zero-order valence-electron chi connectivity index (χ0n) is 21.9. The van der Waals surface area contributed by atoms with Gasteiger partial charge in [0.1, 0.15) is 17.6 Å². The highest BCUT2D eigenvalue weighted by Crippen LogP contribution is 2.51. The highest BCUT2D eigenvalue weighted by Gasteiger charge is 2.42. The first-order chi connectivity index (χ1) is 15.6. The largest absolute Gasteiger partial charge is 0.496 e. The average molecular weight is 457 g/mol. The fraction of sp³-hybridized carbons (Fsp3) is 0.621. The van der Waals surface area contributed by atoms with E-state index in [9.17, 15) is 4.79 Å². The van der Waals surface area contributed by atoms with Gasteiger partial charge in [-0.25, -0.2) is 0 Å². The van der Waals surface area contributed by atoms with Gasteiger partial charge in [0.2, 0.25) is 0 Å². The third-order valence-corrected chi connectivity index (χ3v) is 7.18. The Morgan fingerprint density at radius 1 is 1.09 bits per heavy atom. The Bertz CT molecular complexity index is 826. The summed E-state index contributed by atoms with van der Waals surface area (Å²) in [4.78, 5) is 12.0. The number of benzene rings is 1. The monoisotopic (exact) mass is 456 g/mol. The van der Waals surface area contributed by atoms with Crippen LogP contribution in [0.4, 0.5) is 0 Å². The van der Waals surface area contributed by atoms with Crippen molar-refractivity contribution in [3.63, 3.8) is 0 Å². The summed E-state index contributed by atoms with van der Waals surface area (Å²) in [5, 5.41) is 0. The molecule has 1 fully saturated rings. The highest BCUT2D eigenvalue weighted by atomic mass is 16.5. The minimum absolute atomic E-state index is 0.00790. The summed E-state index contributed by atoms with van der Waals surface area (Å²) in [6, 6.07) is 4.30. The van der Waals surface area contributed by atoms with Gasteiger partial charge in [0.25, 0.3) is 0 Å². The van der Waals surface area contributed by atoms with E-state index in [2.05, 4.69) is 46.1 Å². The van der Waals surface area contributed by atoms with Crippen molar-refractivity contribution in [1.29, 1.82) is 0 Å². The van der Waals surface area contributed by atoms with Crippen molar-refractivity contribution in [1.82, 2.24) is 0 Å². The summed E-state index contributed by atoms with van der Waals surface area (Å²) in [7, 11) is 3.40. The van der Waals surface area contributed by atoms with Crippen LogP contribution in [0.15, 0.2) is 36.4 Å². The molecule has 0 aliphatic heterocycles. The number of esters is 1. The van der Waals surface area contributed by atoms with Crippen LogP contribution >= 0.6 is 0 Å². The van der Waals surface area contributed by atoms with E-state index >= 15 is 0 Å². The van der Waals surface area contributed by atoms with Crippen molar-refractivity contribution in [3.8, 4) is 11.5 Å². The molecule has 184 valence electrons. The lowest BCUT2D eigenvalue weighted by atomic mass is 9.68. The molecule has 1 aliphatic carbocycles. The molecule has 0 saturated heterocycles. The molecule has 0 heterocycles. The Kier molecular flexibility index (Phi) is 9.63. The molecule has 1 aliphatic rings. The van der Waals surface area contributed by atoms with Crippen LogP contribution in [0.5, 0.6) is 11.5 Å². The zero-order chi connectivity index (χ0) is 24.8. The molecule has 1 aromatic carbocycles. The maximum Gasteiger partial charge on any atom is 0.303 e. The van der Waals surface area contributed by atoms with E-state index in [-0.39, 0.29) is 23.2 Å². The normalized spacial score (nSPS) is 20.9. The molecule has 0 radical (unpaired) electrons. The van der Waals surface area contributed by atoms with E-state index in [1.807, 2.05) is 6.92 Å². The second kappa shape index (κ2) is 11.8. The maximum absolute atomic E-state index is 12.0. The third kappa shape index (κ3) is 6.43. The van der Waals surface area contributed by atoms with E-state index in [1.54, 1.807) is 14.2 Å². The Balaban J connectivity index is 2.59. The van der Waals surface area contributed by atoms with Gasteiger partial charge >= 0.3 is 5.97 Å². The molecule has 4 nitrogen and oxygen atoms in total. The highest BCUT2D eigenvalue weighted by molar-refractivity contribution is 5.67. The van der Waals surface area contributed by atoms with Gasteiger partial charge in [-0.2, -0.15) is 0 Å². The van der Waals surface area contributed by atoms with Crippen LogP contribution in [0, 0.1) is 5.92 Å². The number of allylic oxidation sites excluding steroid dienone is 1. The van der Waals surface area contributed by atoms with Crippen LogP contribution < -0.4 is 9.47 Å². The third-order valence-electron chi connectivity index (χ3n) is 7.18. The molecule has 1 aromatic rings. The molecule has 0 aromatic heterocycles. The molecular formula is C29H44O4. The Morgan fingerprint density at radius 3 is 2.18 bits per heavy atom. The van der Waals surface area contributed by atoms with Gasteiger partial charge in [-0.05, 0) is 60.8 Å². The predicted molar refractivity (Wildman–Crippen MR) is 136 cm³/mol. The SMILES string of the molecule is C=C(C)[C@@H]1CCC(=C)[C@H](OC(C)=O)C1c1c(OC)cc(C(C)(C)CCCCCC)cc1OC. The fourth-order valence-corrected chi connectivity index (χ4v) is 5.16. The molecule has 1 unspecified atom stereocenters. The number of methoxy groups -OCH3 is 2. The number of carbonyl (C=O) groups excluding carboxylic acids is 1. The fourth-order valence-electron chi connectivity index (χ4n) is 5.16. The lowest BCUT2D eigenvalue weighted by Crippen LogP contribution is -2.36. The van der Waals surface area contributed by atoms with E-state index in [0.717, 1.165) is 47.5 Å². The van der Waals surface area contributed by atoms with Gasteiger partial charge in [0, 0.05) is 18.4 Å². The molecule has 0 spiro atoms. The summed E-state index contributed by atoms with van der Waals surface area (Å²) in [5.41, 5.74) is 4.12. The Morgan fingerprint density at radius 2 is 1.70 bits per heavy atom. The summed E-state index contributed by atoms with van der Waals surface area (Å²) in [6.45, 7) is 18.8. The second-order valence-corrected chi connectivity index (χ2v) is 10.2. The topological polar surface area (TPSA) is 44.8 Å². The predicted octanol–water partition coefficient (Wildman–Crippen LogP) is 7.51. The number of ether oxygens (including phenoxy) is 3. The van der Waals surface area contributed by atoms with Crippen molar-refractivity contribution in [2.45, 2.75) is 97.0 Å². The van der Waals surface area contributed by atoms with Crippen molar-refractivity contribution >= 4 is 5.97 Å². The van der Waals surface area contributed by atoms with Gasteiger partial charge < -0.3 is 14.2 Å². The number of hydrogen-bond acceptors (Lipinski definition) is 4. The van der Waals surface area contributed by atoms with Crippen molar-refractivity contribution in [2.75, 3.05) is 14.2 Å². The van der Waals surface area contributed by atoms with E-state index in [1.165, 1.54) is 38.2 Å². The molecule has 3 atom stereocenters. The quantitative estimate of drug-likeness (QED) is 0.196. The molecule has 0 bridgehead atoms. The van der Waals surface area contributed by atoms with Gasteiger partial charge in [-0.15, -0.1) is 0 Å². The van der Waals surface area contributed by atoms with Gasteiger partial charge in [-0.1, -0.05) is 65.2 Å². The smallest absolute Gasteiger partial charge is 0.303 e. The second-order valence-electron chi connectivity index (χ2n) is 10.2. The molecule has 0 N–H and O–H groups in total. The molecular weight excluding hydrogens is 412 g/mol. The van der Waals surface area contributed by atoms with Crippen molar-refractivity contribution < 1.29 is 19.0 Å². The molecule has 1 saturated carbocycles. The first-order valence-electron chi connectivity index (χ1n) is 12.3. The first kappa shape index (κ1) is 27.0. The van der Waals surface area contributed by atoms with Gasteiger partial charge in [-0.3, -0.25) is 4.79 Å². The average Bonchev–Trinajstić information content (AvgIpc) is 2.76. The molecule has 0 amide bonds. The Hall–Kier alpha value is -2.23. The summed E-state index contributed by atoms with van der Waals surface area (Å²) in [5.74, 6) is 1.22. The lowest BCUT2D eigenvalue weighted by Gasteiger charge is -2.41. The van der Waals surface area contributed by atoms with E-state index < -0.39 is 6.10 Å². The molecule has 33 heavy (non-hydrogen) atoms. The summed E-state index contributed by atoms with van der Waals surface area (Å²) >= 11 is 0. The molecule has 2 rings (SSSR count). The number of carbonyl (C=O) groups is 1. The zero-order valence-corrected chi connectivity index (χ0v) is 21.9. The van der Waals surface area contributed by atoms with Crippen LogP contribution in [0.25, 0.3) is 0 Å². The minimum atomic E-state index is -0.436. The summed E-state index contributed by atoms with van der Waals surface area (Å²) < 4.78 is 17.7. The van der Waals surface area contributed by atoms with Crippen LogP contribution in [0.2, 0.25) is 0 Å². The van der Waals surface area contributed by atoms with E-state index in [4.69, 9.17) is 14.2 Å². The van der Waals surface area contributed by atoms with Crippen LogP contribution in [0.3, 0.4) is 0 Å². The van der Waals surface area contributed by atoms with Gasteiger partial charge in [0.05, 0.1) is 14.2 Å². The minimum Gasteiger partial charge on any atom is -0.496 e. The molecule has 4 heteroatoms. The first-order valence-corrected chi connectivity index (χ1v) is 12.3. The lowest BCUT2D eigenvalue weighted by molar-refractivity contribution is -0.146. The number of hydrogen-bond donors (Lipinski definition) is 0. The summed E-state index contributed by atoms with van der Waals surface area (Å²) in [6.07, 6.45) is 7.33. The Labute approximate surface area is 201 Å². The van der Waals surface area contributed by atoms with Crippen LogP contribution in [-0.2, 0) is 14.9 Å². The van der Waals surface area contributed by atoms with Crippen LogP contribution in [0.1, 0.15) is 96.6 Å². The van der Waals surface area contributed by atoms with Gasteiger partial charge in [0.15, 0.2) is 0 Å². The van der Waals surface area contributed by atoms with Crippen molar-refractivity contribution in [3.05, 3.63) is 47.6 Å². The van der Waals surface area contributed by atoms with Crippen molar-refractivity contribution in [2.24, 2.45) is 5.92 Å². The van der Waals surface area contributed by atoms with Crippen LogP contribution in [-0.4, -0.2) is 26.3 Å².